The van der Waals surface area contributed by atoms with Crippen LogP contribution in [0.1, 0.15) is 5.69 Å². The topological polar surface area (TPSA) is 42.1 Å². The molecule has 4 rings (SSSR count). The van der Waals surface area contributed by atoms with E-state index in [1.54, 1.807) is 4.90 Å². The monoisotopic (exact) mass is 376 g/mol. The number of rotatable bonds is 4. The van der Waals surface area contributed by atoms with E-state index in [0.29, 0.717) is 6.54 Å². The highest BCUT2D eigenvalue weighted by molar-refractivity contribution is 5.93. The number of carbonyl (C=O) groups is 1. The lowest BCUT2D eigenvalue weighted by molar-refractivity contribution is -0.892. The molecule has 2 aromatic carbocycles. The van der Waals surface area contributed by atoms with Gasteiger partial charge in [-0.2, -0.15) is 0 Å². The Balaban J connectivity index is 1.41. The Morgan fingerprint density at radius 2 is 1.75 bits per heavy atom. The SMILES string of the molecule is Cc1cc(N2CC[NH+](CC(=O)N(C)c3ccccc3)CC2)c2ccccc2[nH+]1. The first-order valence-electron chi connectivity index (χ1n) is 9.93. The molecule has 0 aliphatic carbocycles. The van der Waals surface area contributed by atoms with Crippen molar-refractivity contribution in [2.75, 3.05) is 49.6 Å². The van der Waals surface area contributed by atoms with Gasteiger partial charge in [0.25, 0.3) is 5.91 Å². The number of hydrogen-bond donors (Lipinski definition) is 1. The Morgan fingerprint density at radius 1 is 1.07 bits per heavy atom. The van der Waals surface area contributed by atoms with Crippen LogP contribution in [0.4, 0.5) is 11.4 Å². The fourth-order valence-corrected chi connectivity index (χ4v) is 3.98. The van der Waals surface area contributed by atoms with Gasteiger partial charge in [0.15, 0.2) is 12.2 Å². The third kappa shape index (κ3) is 3.85. The van der Waals surface area contributed by atoms with E-state index in [0.717, 1.165) is 31.9 Å². The number of amides is 1. The normalized spacial score (nSPS) is 15.0. The second-order valence-electron chi connectivity index (χ2n) is 7.59. The number of H-pyrrole nitrogens is 1. The highest BCUT2D eigenvalue weighted by Gasteiger charge is 2.26. The molecule has 1 fully saturated rings. The number of quaternary nitrogens is 1. The first-order valence-corrected chi connectivity index (χ1v) is 9.93. The number of aromatic nitrogens is 1. The second kappa shape index (κ2) is 7.98. The highest BCUT2D eigenvalue weighted by atomic mass is 16.2. The van der Waals surface area contributed by atoms with Gasteiger partial charge in [0, 0.05) is 31.8 Å². The molecule has 0 saturated carbocycles. The lowest BCUT2D eigenvalue weighted by Crippen LogP contribution is -3.16. The number of hydrogen-bond acceptors (Lipinski definition) is 2. The van der Waals surface area contributed by atoms with Crippen LogP contribution in [0.25, 0.3) is 10.9 Å². The molecule has 144 valence electrons. The highest BCUT2D eigenvalue weighted by Crippen LogP contribution is 2.24. The van der Waals surface area contributed by atoms with Crippen molar-refractivity contribution in [1.29, 1.82) is 0 Å². The lowest BCUT2D eigenvalue weighted by atomic mass is 10.1. The molecule has 0 unspecified atom stereocenters. The van der Waals surface area contributed by atoms with Gasteiger partial charge in [0.05, 0.1) is 37.3 Å². The van der Waals surface area contributed by atoms with Crippen LogP contribution in [0.5, 0.6) is 0 Å². The molecule has 1 aromatic heterocycles. The van der Waals surface area contributed by atoms with Crippen molar-refractivity contribution in [3.63, 3.8) is 0 Å². The van der Waals surface area contributed by atoms with Crippen molar-refractivity contribution in [3.05, 3.63) is 66.4 Å². The maximum atomic E-state index is 12.7. The van der Waals surface area contributed by atoms with Gasteiger partial charge in [-0.1, -0.05) is 30.3 Å². The molecule has 28 heavy (non-hydrogen) atoms. The first-order chi connectivity index (χ1) is 13.6. The molecule has 1 amide bonds. The van der Waals surface area contributed by atoms with Gasteiger partial charge in [0.2, 0.25) is 5.52 Å². The van der Waals surface area contributed by atoms with Crippen LogP contribution in [0.15, 0.2) is 60.7 Å². The Labute approximate surface area is 166 Å². The minimum Gasteiger partial charge on any atom is -0.359 e. The smallest absolute Gasteiger partial charge is 0.281 e. The van der Waals surface area contributed by atoms with Gasteiger partial charge in [0.1, 0.15) is 0 Å². The summed E-state index contributed by atoms with van der Waals surface area (Å²) in [6.45, 7) is 6.52. The zero-order valence-electron chi connectivity index (χ0n) is 16.6. The Kier molecular flexibility index (Phi) is 5.26. The maximum absolute atomic E-state index is 12.7. The molecule has 0 radical (unpaired) electrons. The van der Waals surface area contributed by atoms with E-state index in [-0.39, 0.29) is 5.91 Å². The predicted molar refractivity (Wildman–Crippen MR) is 113 cm³/mol. The number of likely N-dealkylation sites (N-methyl/N-ethyl adjacent to an activating group) is 1. The Bertz CT molecular complexity index is 965. The molecular weight excluding hydrogens is 348 g/mol. The predicted octanol–water partition coefficient (Wildman–Crippen LogP) is 1.33. The fraction of sp³-hybridized carbons (Fsp3) is 0.304. The molecule has 1 aliphatic heterocycles. The zero-order chi connectivity index (χ0) is 19.5. The average molecular weight is 377 g/mol. The van der Waals surface area contributed by atoms with E-state index in [1.165, 1.54) is 27.2 Å². The summed E-state index contributed by atoms with van der Waals surface area (Å²) in [5.74, 6) is 0.172. The Morgan fingerprint density at radius 3 is 2.50 bits per heavy atom. The Hall–Kier alpha value is -2.92. The number of benzene rings is 2. The second-order valence-corrected chi connectivity index (χ2v) is 7.59. The van der Waals surface area contributed by atoms with Gasteiger partial charge >= 0.3 is 0 Å². The van der Waals surface area contributed by atoms with E-state index in [1.807, 2.05) is 37.4 Å². The first kappa shape index (κ1) is 18.4. The molecule has 1 aliphatic rings. The summed E-state index contributed by atoms with van der Waals surface area (Å²) in [6.07, 6.45) is 0. The summed E-state index contributed by atoms with van der Waals surface area (Å²) in [5, 5.41) is 1.26. The van der Waals surface area contributed by atoms with Crippen LogP contribution in [0.3, 0.4) is 0 Å². The number of para-hydroxylation sites is 2. The quantitative estimate of drug-likeness (QED) is 0.747. The van der Waals surface area contributed by atoms with Gasteiger partial charge in [-0.25, -0.2) is 4.98 Å². The average Bonchev–Trinajstić information content (AvgIpc) is 2.73. The number of nitrogens with one attached hydrogen (secondary N) is 2. The molecule has 3 aromatic rings. The number of piperazine rings is 1. The van der Waals surface area contributed by atoms with Crippen LogP contribution >= 0.6 is 0 Å². The third-order valence-electron chi connectivity index (χ3n) is 5.62. The molecule has 1 saturated heterocycles. The number of pyridine rings is 1. The summed E-state index contributed by atoms with van der Waals surface area (Å²) < 4.78 is 0. The third-order valence-corrected chi connectivity index (χ3v) is 5.62. The number of nitrogens with zero attached hydrogens (tertiary/aromatic N) is 2. The summed E-state index contributed by atoms with van der Waals surface area (Å²) >= 11 is 0. The summed E-state index contributed by atoms with van der Waals surface area (Å²) in [5.41, 5.74) is 4.58. The zero-order valence-corrected chi connectivity index (χ0v) is 16.6. The molecule has 0 spiro atoms. The van der Waals surface area contributed by atoms with Crippen molar-refractivity contribution in [2.24, 2.45) is 0 Å². The van der Waals surface area contributed by atoms with Gasteiger partial charge in [-0.05, 0) is 18.2 Å². The molecule has 2 heterocycles. The van der Waals surface area contributed by atoms with Crippen LogP contribution in [-0.2, 0) is 4.79 Å². The minimum absolute atomic E-state index is 0.172. The number of fused-ring (bicyclic) bond motifs is 1. The molecular formula is C23H28N4O+2. The summed E-state index contributed by atoms with van der Waals surface area (Å²) in [7, 11) is 1.86. The van der Waals surface area contributed by atoms with Crippen molar-refractivity contribution in [3.8, 4) is 0 Å². The standard InChI is InChI=1S/C23H26N4O/c1-18-16-22(20-10-6-7-11-21(20)24-18)27-14-12-26(13-15-27)17-23(28)25(2)19-8-4-3-5-9-19/h3-11,16H,12-15,17H2,1-2H3/p+2. The van der Waals surface area contributed by atoms with E-state index in [2.05, 4.69) is 47.1 Å². The lowest BCUT2D eigenvalue weighted by Gasteiger charge is -2.34. The summed E-state index contributed by atoms with van der Waals surface area (Å²) in [4.78, 5) is 21.7. The number of anilines is 2. The van der Waals surface area contributed by atoms with Crippen molar-refractivity contribution in [1.82, 2.24) is 0 Å². The molecule has 2 N–H and O–H groups in total. The van der Waals surface area contributed by atoms with Crippen molar-refractivity contribution < 1.29 is 14.7 Å². The largest absolute Gasteiger partial charge is 0.359 e. The molecule has 0 atom stereocenters. The van der Waals surface area contributed by atoms with E-state index >= 15 is 0 Å². The van der Waals surface area contributed by atoms with Crippen LogP contribution in [0, 0.1) is 6.92 Å². The van der Waals surface area contributed by atoms with Gasteiger partial charge in [-0.3, -0.25) is 4.79 Å². The van der Waals surface area contributed by atoms with E-state index in [4.69, 9.17) is 0 Å². The van der Waals surface area contributed by atoms with Crippen molar-refractivity contribution in [2.45, 2.75) is 6.92 Å². The number of aromatic amines is 1. The maximum Gasteiger partial charge on any atom is 0.281 e. The van der Waals surface area contributed by atoms with Crippen molar-refractivity contribution >= 4 is 28.2 Å². The minimum atomic E-state index is 0.172. The van der Waals surface area contributed by atoms with E-state index in [9.17, 15) is 4.79 Å². The van der Waals surface area contributed by atoms with Crippen LogP contribution in [-0.4, -0.2) is 45.7 Å². The fourth-order valence-electron chi connectivity index (χ4n) is 3.98. The number of carbonyl (C=O) groups excluding carboxylic acids is 1. The molecule has 5 nitrogen and oxygen atoms in total. The molecule has 5 heteroatoms. The summed E-state index contributed by atoms with van der Waals surface area (Å²) in [6, 6.07) is 20.6. The van der Waals surface area contributed by atoms with Crippen LogP contribution in [0.2, 0.25) is 0 Å². The van der Waals surface area contributed by atoms with E-state index < -0.39 is 0 Å². The molecule has 0 bridgehead atoms. The number of aryl methyl sites for hydroxylation is 1. The van der Waals surface area contributed by atoms with Crippen LogP contribution < -0.4 is 19.7 Å². The van der Waals surface area contributed by atoms with Gasteiger partial charge in [-0.15, -0.1) is 0 Å². The van der Waals surface area contributed by atoms with Gasteiger partial charge < -0.3 is 14.7 Å².